The topological polar surface area (TPSA) is 56.4 Å². The third kappa shape index (κ3) is 3.81. The van der Waals surface area contributed by atoms with E-state index in [0.29, 0.717) is 6.04 Å². The number of piperidine rings is 1. The minimum Gasteiger partial charge on any atom is -0.307 e. The van der Waals surface area contributed by atoms with Gasteiger partial charge in [-0.1, -0.05) is 6.07 Å². The molecule has 136 valence electrons. The summed E-state index contributed by atoms with van der Waals surface area (Å²) in [6.07, 6.45) is 9.30. The Bertz CT molecular complexity index is 631. The summed E-state index contributed by atoms with van der Waals surface area (Å²) >= 11 is 1.32. The van der Waals surface area contributed by atoms with Gasteiger partial charge in [-0.15, -0.1) is 0 Å². The Morgan fingerprint density at radius 1 is 1.12 bits per heavy atom. The van der Waals surface area contributed by atoms with E-state index in [1.807, 2.05) is 0 Å². The van der Waals surface area contributed by atoms with Gasteiger partial charge in [0.25, 0.3) is 0 Å². The maximum absolute atomic E-state index is 12.4. The lowest BCUT2D eigenvalue weighted by molar-refractivity contribution is 0.244. The lowest BCUT2D eigenvalue weighted by atomic mass is 9.99. The summed E-state index contributed by atoms with van der Waals surface area (Å²) in [4.78, 5) is 14.8. The normalized spacial score (nSPS) is 22.5. The largest absolute Gasteiger partial charge is 0.330 e. The molecular formula is C19H28N4OS. The molecule has 6 heteroatoms. The van der Waals surface area contributed by atoms with Crippen molar-refractivity contribution in [3.63, 3.8) is 0 Å². The van der Waals surface area contributed by atoms with Gasteiger partial charge >= 0.3 is 6.03 Å². The van der Waals surface area contributed by atoms with Gasteiger partial charge in [-0.3, -0.25) is 4.72 Å². The molecule has 1 aromatic rings. The SMILES string of the molecule is CN1CCCC(NSNC(=O)Nc2c3c(cc4c2CCC4)CCC3)C1. The molecule has 2 amide bonds. The van der Waals surface area contributed by atoms with Crippen LogP contribution in [-0.4, -0.2) is 37.1 Å². The molecule has 0 radical (unpaired) electrons. The number of carbonyl (C=O) groups excluding carboxylic acids is 1. The van der Waals surface area contributed by atoms with Crippen LogP contribution in [0, 0.1) is 0 Å². The number of hydrogen-bond donors (Lipinski definition) is 3. The summed E-state index contributed by atoms with van der Waals surface area (Å²) in [5.74, 6) is 0. The number of aryl methyl sites for hydroxylation is 2. The fourth-order valence-corrected chi connectivity index (χ4v) is 5.09. The molecule has 0 bridgehead atoms. The third-order valence-corrected chi connectivity index (χ3v) is 6.44. The maximum atomic E-state index is 12.4. The van der Waals surface area contributed by atoms with Crippen LogP contribution in [0.15, 0.2) is 6.07 Å². The highest BCUT2D eigenvalue weighted by atomic mass is 32.2. The van der Waals surface area contributed by atoms with Gasteiger partial charge in [-0.25, -0.2) is 9.52 Å². The number of amides is 2. The summed E-state index contributed by atoms with van der Waals surface area (Å²) in [6, 6.07) is 2.72. The Morgan fingerprint density at radius 2 is 1.84 bits per heavy atom. The predicted molar refractivity (Wildman–Crippen MR) is 104 cm³/mol. The van der Waals surface area contributed by atoms with Crippen LogP contribution in [0.1, 0.15) is 47.9 Å². The van der Waals surface area contributed by atoms with E-state index in [-0.39, 0.29) is 6.03 Å². The zero-order valence-electron chi connectivity index (χ0n) is 15.0. The molecule has 2 aliphatic carbocycles. The zero-order chi connectivity index (χ0) is 17.2. The van der Waals surface area contributed by atoms with Crippen LogP contribution in [-0.2, 0) is 25.7 Å². The number of urea groups is 1. The van der Waals surface area contributed by atoms with Crippen molar-refractivity contribution in [1.82, 2.24) is 14.3 Å². The first-order chi connectivity index (χ1) is 12.2. The fraction of sp³-hybridized carbons (Fsp3) is 0.632. The quantitative estimate of drug-likeness (QED) is 0.723. The van der Waals surface area contributed by atoms with Crippen LogP contribution in [0.5, 0.6) is 0 Å². The van der Waals surface area contributed by atoms with Crippen molar-refractivity contribution in [2.24, 2.45) is 0 Å². The van der Waals surface area contributed by atoms with Gasteiger partial charge in [-0.05, 0) is 87.2 Å². The zero-order valence-corrected chi connectivity index (χ0v) is 15.8. The highest BCUT2D eigenvalue weighted by Gasteiger charge is 2.25. The second-order valence-corrected chi connectivity index (χ2v) is 8.26. The van der Waals surface area contributed by atoms with Crippen LogP contribution in [0.2, 0.25) is 0 Å². The van der Waals surface area contributed by atoms with Crippen LogP contribution < -0.4 is 14.8 Å². The first-order valence-corrected chi connectivity index (χ1v) is 10.4. The number of rotatable bonds is 4. The van der Waals surface area contributed by atoms with Gasteiger partial charge in [0.15, 0.2) is 0 Å². The molecular weight excluding hydrogens is 332 g/mol. The summed E-state index contributed by atoms with van der Waals surface area (Å²) in [5.41, 5.74) is 6.77. The standard InChI is InChI=1S/C19H28N4OS/c1-23-10-4-7-15(12-23)21-25-22-19(24)20-18-16-8-2-5-13(16)11-14-6-3-9-17(14)18/h11,15,21H,2-10,12H2,1H3,(H2,20,22,24). The maximum Gasteiger partial charge on any atom is 0.330 e. The predicted octanol–water partition coefficient (Wildman–Crippen LogP) is 3.03. The average Bonchev–Trinajstić information content (AvgIpc) is 3.23. The van der Waals surface area contributed by atoms with Crippen molar-refractivity contribution in [2.75, 3.05) is 25.5 Å². The Kier molecular flexibility index (Phi) is 5.20. The molecule has 1 aromatic carbocycles. The molecule has 0 saturated carbocycles. The minimum atomic E-state index is -0.115. The molecule has 0 spiro atoms. The van der Waals surface area contributed by atoms with Gasteiger partial charge in [0, 0.05) is 30.4 Å². The Hall–Kier alpha value is -1.24. The Labute approximate surface area is 154 Å². The van der Waals surface area contributed by atoms with Gasteiger partial charge < -0.3 is 10.2 Å². The summed E-state index contributed by atoms with van der Waals surface area (Å²) in [5, 5.41) is 3.17. The summed E-state index contributed by atoms with van der Waals surface area (Å²) in [7, 11) is 2.15. The molecule has 1 aliphatic heterocycles. The number of likely N-dealkylation sites (N-methyl/N-ethyl adjacent to an activating group) is 1. The highest BCUT2D eigenvalue weighted by Crippen LogP contribution is 2.38. The molecule has 4 rings (SSSR count). The van der Waals surface area contributed by atoms with E-state index >= 15 is 0 Å². The van der Waals surface area contributed by atoms with E-state index in [1.165, 1.54) is 66.6 Å². The lowest BCUT2D eigenvalue weighted by Crippen LogP contribution is -2.42. The number of fused-ring (bicyclic) bond motifs is 2. The average molecular weight is 361 g/mol. The number of likely N-dealkylation sites (tertiary alicyclic amines) is 1. The minimum absolute atomic E-state index is 0.115. The number of nitrogens with one attached hydrogen (secondary N) is 3. The first-order valence-electron chi connectivity index (χ1n) is 9.54. The molecule has 3 aliphatic rings. The Balaban J connectivity index is 1.35. The van der Waals surface area contributed by atoms with E-state index < -0.39 is 0 Å². The molecule has 3 N–H and O–H groups in total. The number of nitrogens with zero attached hydrogens (tertiary/aromatic N) is 1. The molecule has 5 nitrogen and oxygen atoms in total. The van der Waals surface area contributed by atoms with E-state index in [1.54, 1.807) is 0 Å². The van der Waals surface area contributed by atoms with Gasteiger partial charge in [0.2, 0.25) is 0 Å². The van der Waals surface area contributed by atoms with E-state index in [4.69, 9.17) is 0 Å². The summed E-state index contributed by atoms with van der Waals surface area (Å²) < 4.78 is 6.29. The van der Waals surface area contributed by atoms with E-state index in [2.05, 4.69) is 32.8 Å². The molecule has 1 unspecified atom stereocenters. The van der Waals surface area contributed by atoms with E-state index in [0.717, 1.165) is 37.9 Å². The van der Waals surface area contributed by atoms with Crippen LogP contribution in [0.25, 0.3) is 0 Å². The van der Waals surface area contributed by atoms with Gasteiger partial charge in [0.1, 0.15) is 0 Å². The lowest BCUT2D eigenvalue weighted by Gasteiger charge is -2.29. The molecule has 0 aromatic heterocycles. The molecule has 1 heterocycles. The number of benzene rings is 1. The van der Waals surface area contributed by atoms with Gasteiger partial charge in [-0.2, -0.15) is 0 Å². The van der Waals surface area contributed by atoms with Crippen molar-refractivity contribution < 1.29 is 4.79 Å². The van der Waals surface area contributed by atoms with Gasteiger partial charge in [0.05, 0.1) is 0 Å². The fourth-order valence-electron chi connectivity index (χ4n) is 4.53. The number of hydrogen-bond acceptors (Lipinski definition) is 4. The molecule has 25 heavy (non-hydrogen) atoms. The Morgan fingerprint density at radius 3 is 2.52 bits per heavy atom. The molecule has 1 atom stereocenters. The van der Waals surface area contributed by atoms with Crippen molar-refractivity contribution in [3.8, 4) is 0 Å². The molecule has 1 saturated heterocycles. The van der Waals surface area contributed by atoms with Crippen LogP contribution in [0.4, 0.5) is 10.5 Å². The van der Waals surface area contributed by atoms with Crippen molar-refractivity contribution in [1.29, 1.82) is 0 Å². The van der Waals surface area contributed by atoms with Crippen molar-refractivity contribution >= 4 is 23.9 Å². The number of anilines is 1. The highest BCUT2D eigenvalue weighted by molar-refractivity contribution is 7.96. The smallest absolute Gasteiger partial charge is 0.307 e. The first kappa shape index (κ1) is 17.2. The monoisotopic (exact) mass is 360 g/mol. The van der Waals surface area contributed by atoms with E-state index in [9.17, 15) is 4.79 Å². The summed E-state index contributed by atoms with van der Waals surface area (Å²) in [6.45, 7) is 2.21. The molecule has 1 fully saturated rings. The van der Waals surface area contributed by atoms with Crippen LogP contribution in [0.3, 0.4) is 0 Å². The third-order valence-electron chi connectivity index (χ3n) is 5.71. The number of carbonyl (C=O) groups is 1. The van der Waals surface area contributed by atoms with Crippen molar-refractivity contribution in [3.05, 3.63) is 28.3 Å². The van der Waals surface area contributed by atoms with Crippen LogP contribution >= 0.6 is 12.1 Å². The van der Waals surface area contributed by atoms with Crippen molar-refractivity contribution in [2.45, 2.75) is 57.4 Å². The second-order valence-electron chi connectivity index (χ2n) is 7.61. The second kappa shape index (κ2) is 7.56.